The summed E-state index contributed by atoms with van der Waals surface area (Å²) in [7, 11) is 0. The van der Waals surface area contributed by atoms with Crippen molar-refractivity contribution in [1.82, 2.24) is 14.7 Å². The molecule has 0 radical (unpaired) electrons. The van der Waals surface area contributed by atoms with E-state index >= 15 is 0 Å². The molecule has 0 bridgehead atoms. The second-order valence-electron chi connectivity index (χ2n) is 6.64. The van der Waals surface area contributed by atoms with E-state index in [1.165, 1.54) is 4.68 Å². The lowest BCUT2D eigenvalue weighted by Crippen LogP contribution is -2.37. The van der Waals surface area contributed by atoms with Crippen LogP contribution in [0.25, 0.3) is 5.69 Å². The number of carbonyl (C=O) groups excluding carboxylic acids is 1. The van der Waals surface area contributed by atoms with Gasteiger partial charge in [0.05, 0.1) is 5.69 Å². The number of anilines is 1. The fraction of sp³-hybridized carbons (Fsp3) is 0.450. The molecule has 2 aromatic rings. The van der Waals surface area contributed by atoms with Crippen LogP contribution in [0.5, 0.6) is 0 Å². The van der Waals surface area contributed by atoms with E-state index in [1.807, 2.05) is 43.0 Å². The van der Waals surface area contributed by atoms with E-state index in [-0.39, 0.29) is 18.1 Å². The Morgan fingerprint density at radius 2 is 1.85 bits per heavy atom. The largest absolute Gasteiger partial charge is 0.372 e. The molecule has 1 aromatic heterocycles. The number of nitrogens with zero attached hydrogens (tertiary/aromatic N) is 4. The number of benzene rings is 1. The Morgan fingerprint density at radius 3 is 2.59 bits per heavy atom. The average Bonchev–Trinajstić information content (AvgIpc) is 2.94. The van der Waals surface area contributed by atoms with Gasteiger partial charge >= 0.3 is 0 Å². The third-order valence-electron chi connectivity index (χ3n) is 4.67. The lowest BCUT2D eigenvalue weighted by atomic mass is 10.2. The van der Waals surface area contributed by atoms with Crippen molar-refractivity contribution in [2.45, 2.75) is 20.3 Å². The number of hydrogen-bond acceptors (Lipinski definition) is 5. The van der Waals surface area contributed by atoms with Crippen molar-refractivity contribution in [3.8, 4) is 5.69 Å². The summed E-state index contributed by atoms with van der Waals surface area (Å²) in [4.78, 5) is 28.4. The molecule has 0 N–H and O–H groups in total. The van der Waals surface area contributed by atoms with Crippen LogP contribution in [0.15, 0.2) is 41.2 Å². The summed E-state index contributed by atoms with van der Waals surface area (Å²) >= 11 is 0. The molecule has 1 fully saturated rings. The quantitative estimate of drug-likeness (QED) is 0.800. The molecule has 0 unspecified atom stereocenters. The first kappa shape index (κ1) is 19.1. The first-order valence-electron chi connectivity index (χ1n) is 9.36. The summed E-state index contributed by atoms with van der Waals surface area (Å²) in [6, 6.07) is 11.0. The maximum absolute atomic E-state index is 12.3. The Morgan fingerprint density at radius 1 is 1.07 bits per heavy atom. The van der Waals surface area contributed by atoms with Gasteiger partial charge < -0.3 is 14.5 Å². The Labute approximate surface area is 159 Å². The molecule has 0 aliphatic carbocycles. The van der Waals surface area contributed by atoms with Crippen molar-refractivity contribution in [2.24, 2.45) is 0 Å². The molecule has 1 aromatic carbocycles. The van der Waals surface area contributed by atoms with Gasteiger partial charge in [-0.15, -0.1) is 5.10 Å². The zero-order valence-electron chi connectivity index (χ0n) is 15.9. The number of hydrogen-bond donors (Lipinski definition) is 0. The zero-order valence-corrected chi connectivity index (χ0v) is 15.9. The van der Waals surface area contributed by atoms with Crippen LogP contribution in [0.1, 0.15) is 18.9 Å². The molecule has 0 atom stereocenters. The van der Waals surface area contributed by atoms with E-state index in [1.54, 1.807) is 12.1 Å². The first-order chi connectivity index (χ1) is 13.1. The van der Waals surface area contributed by atoms with E-state index in [0.29, 0.717) is 26.2 Å². The summed E-state index contributed by atoms with van der Waals surface area (Å²) in [5, 5.41) is 4.56. The molecule has 1 aliphatic rings. The Bertz CT molecular complexity index is 832. The predicted molar refractivity (Wildman–Crippen MR) is 104 cm³/mol. The van der Waals surface area contributed by atoms with Gasteiger partial charge in [0.2, 0.25) is 5.91 Å². The van der Waals surface area contributed by atoms with Gasteiger partial charge in [0.25, 0.3) is 5.56 Å². The highest BCUT2D eigenvalue weighted by atomic mass is 16.5. The van der Waals surface area contributed by atoms with E-state index in [2.05, 4.69) is 10.00 Å². The van der Waals surface area contributed by atoms with Crippen LogP contribution >= 0.6 is 0 Å². The third-order valence-corrected chi connectivity index (χ3v) is 4.67. The molecule has 7 heteroatoms. The minimum absolute atomic E-state index is 0.0243. The Balaban J connectivity index is 1.75. The highest BCUT2D eigenvalue weighted by Gasteiger charge is 2.20. The van der Waals surface area contributed by atoms with Crippen molar-refractivity contribution in [2.75, 3.05) is 44.3 Å². The van der Waals surface area contributed by atoms with Crippen LogP contribution in [-0.2, 0) is 9.53 Å². The monoisotopic (exact) mass is 370 g/mol. The molecule has 144 valence electrons. The van der Waals surface area contributed by atoms with E-state index in [4.69, 9.17) is 4.74 Å². The maximum atomic E-state index is 12.3. The molecule has 1 saturated heterocycles. The third kappa shape index (κ3) is 4.74. The minimum atomic E-state index is -0.161. The zero-order chi connectivity index (χ0) is 19.2. The van der Waals surface area contributed by atoms with Crippen LogP contribution in [0.2, 0.25) is 0 Å². The Hall–Kier alpha value is -2.67. The van der Waals surface area contributed by atoms with E-state index in [0.717, 1.165) is 30.0 Å². The van der Waals surface area contributed by atoms with E-state index < -0.39 is 0 Å². The van der Waals surface area contributed by atoms with Crippen molar-refractivity contribution < 1.29 is 9.53 Å². The molecular formula is C20H26N4O3. The smallest absolute Gasteiger partial charge is 0.271 e. The lowest BCUT2D eigenvalue weighted by Gasteiger charge is -2.23. The van der Waals surface area contributed by atoms with Crippen LogP contribution in [0.4, 0.5) is 5.82 Å². The van der Waals surface area contributed by atoms with Gasteiger partial charge in [0.1, 0.15) is 12.4 Å². The van der Waals surface area contributed by atoms with Gasteiger partial charge in [-0.25, -0.2) is 0 Å². The second-order valence-corrected chi connectivity index (χ2v) is 6.64. The predicted octanol–water partition coefficient (Wildman–Crippen LogP) is 1.62. The van der Waals surface area contributed by atoms with Crippen molar-refractivity contribution in [3.05, 3.63) is 52.3 Å². The number of rotatable bonds is 5. The summed E-state index contributed by atoms with van der Waals surface area (Å²) in [6.07, 6.45) is 0.850. The van der Waals surface area contributed by atoms with Gasteiger partial charge in [-0.1, -0.05) is 17.7 Å². The lowest BCUT2D eigenvalue weighted by molar-refractivity contribution is -0.135. The Kier molecular flexibility index (Phi) is 6.24. The molecule has 3 rings (SSSR count). The molecule has 1 amide bonds. The van der Waals surface area contributed by atoms with Gasteiger partial charge in [-0.3, -0.25) is 9.59 Å². The van der Waals surface area contributed by atoms with Crippen molar-refractivity contribution in [1.29, 1.82) is 0 Å². The van der Waals surface area contributed by atoms with E-state index in [9.17, 15) is 9.59 Å². The van der Waals surface area contributed by atoms with Crippen LogP contribution in [-0.4, -0.2) is 60.0 Å². The first-order valence-corrected chi connectivity index (χ1v) is 9.36. The molecule has 0 spiro atoms. The van der Waals surface area contributed by atoms with Crippen molar-refractivity contribution >= 4 is 11.7 Å². The molecule has 2 heterocycles. The number of carbonyl (C=O) groups is 1. The highest BCUT2D eigenvalue weighted by molar-refractivity contribution is 5.77. The fourth-order valence-corrected chi connectivity index (χ4v) is 3.12. The second kappa shape index (κ2) is 8.81. The topological polar surface area (TPSA) is 67.7 Å². The van der Waals surface area contributed by atoms with Gasteiger partial charge in [0, 0.05) is 38.9 Å². The molecule has 27 heavy (non-hydrogen) atoms. The maximum Gasteiger partial charge on any atom is 0.271 e. The molecule has 1 aliphatic heterocycles. The normalized spacial score (nSPS) is 14.9. The fourth-order valence-electron chi connectivity index (χ4n) is 3.12. The summed E-state index contributed by atoms with van der Waals surface area (Å²) in [6.45, 7) is 7.35. The van der Waals surface area contributed by atoms with Gasteiger partial charge in [-0.2, -0.15) is 4.68 Å². The summed E-state index contributed by atoms with van der Waals surface area (Å²) in [5.41, 5.74) is 1.72. The summed E-state index contributed by atoms with van der Waals surface area (Å²) in [5.74, 6) is 0.769. The molecule has 0 saturated carbocycles. The standard InChI is InChI=1S/C20H26N4O3/c1-3-27-15-20(26)23-12-4-11-22(13-14-23)18-9-10-19(25)24(21-18)17-7-5-16(2)6-8-17/h5-10H,3-4,11-15H2,1-2H3. The number of ether oxygens (including phenoxy) is 1. The van der Waals surface area contributed by atoms with Crippen LogP contribution in [0.3, 0.4) is 0 Å². The van der Waals surface area contributed by atoms with Gasteiger partial charge in [0.15, 0.2) is 0 Å². The molecule has 7 nitrogen and oxygen atoms in total. The van der Waals surface area contributed by atoms with Crippen LogP contribution < -0.4 is 10.5 Å². The highest BCUT2D eigenvalue weighted by Crippen LogP contribution is 2.14. The SMILES string of the molecule is CCOCC(=O)N1CCCN(c2ccc(=O)n(-c3ccc(C)cc3)n2)CC1. The van der Waals surface area contributed by atoms with Gasteiger partial charge in [-0.05, 0) is 38.5 Å². The minimum Gasteiger partial charge on any atom is -0.372 e. The summed E-state index contributed by atoms with van der Waals surface area (Å²) < 4.78 is 6.66. The van der Waals surface area contributed by atoms with Crippen molar-refractivity contribution in [3.63, 3.8) is 0 Å². The van der Waals surface area contributed by atoms with Crippen LogP contribution in [0, 0.1) is 6.92 Å². The average molecular weight is 370 g/mol. The molecular weight excluding hydrogens is 344 g/mol. The number of aryl methyl sites for hydroxylation is 1. The number of amides is 1. The number of aromatic nitrogens is 2.